The van der Waals surface area contributed by atoms with Gasteiger partial charge in [0.1, 0.15) is 12.4 Å². The van der Waals surface area contributed by atoms with Crippen LogP contribution in [0.2, 0.25) is 0 Å². The lowest BCUT2D eigenvalue weighted by atomic mass is 10.1. The number of aromatic nitrogens is 1. The van der Waals surface area contributed by atoms with E-state index in [0.717, 1.165) is 5.69 Å². The Kier molecular flexibility index (Phi) is 6.19. The van der Waals surface area contributed by atoms with E-state index in [1.807, 2.05) is 22.4 Å². The predicted octanol–water partition coefficient (Wildman–Crippen LogP) is 1.23. The first-order chi connectivity index (χ1) is 12.7. The van der Waals surface area contributed by atoms with Crippen molar-refractivity contribution in [2.24, 2.45) is 0 Å². The van der Waals surface area contributed by atoms with Crippen molar-refractivity contribution in [3.63, 3.8) is 0 Å². The Morgan fingerprint density at radius 1 is 1.27 bits per heavy atom. The van der Waals surface area contributed by atoms with E-state index in [0.29, 0.717) is 50.6 Å². The maximum absolute atomic E-state index is 12.7. The number of carbonyl (C=O) groups excluding carboxylic acids is 2. The average molecular weight is 374 g/mol. The molecule has 2 amide bonds. The molecular formula is C18H22N4O3S. The molecule has 1 saturated heterocycles. The standard InChI is InChI=1S/C18H22N4O3S/c1-19-17(23)10-21-5-7-22(8-6-21)18(24)14-3-2-4-16(9-14)25-11-15-12-26-13-20-15/h2-4,9,12-13H,5-8,10-11H2,1H3,(H,19,23). The van der Waals surface area contributed by atoms with Crippen molar-refractivity contribution in [3.05, 3.63) is 46.4 Å². The maximum Gasteiger partial charge on any atom is 0.254 e. The van der Waals surface area contributed by atoms with Gasteiger partial charge in [0.05, 0.1) is 17.7 Å². The number of amides is 2. The minimum Gasteiger partial charge on any atom is -0.487 e. The van der Waals surface area contributed by atoms with Gasteiger partial charge in [-0.15, -0.1) is 11.3 Å². The molecule has 2 heterocycles. The van der Waals surface area contributed by atoms with Gasteiger partial charge < -0.3 is 15.0 Å². The first-order valence-corrected chi connectivity index (χ1v) is 9.42. The smallest absolute Gasteiger partial charge is 0.254 e. The summed E-state index contributed by atoms with van der Waals surface area (Å²) in [5, 5.41) is 4.56. The molecule has 0 bridgehead atoms. The topological polar surface area (TPSA) is 74.8 Å². The van der Waals surface area contributed by atoms with E-state index in [1.165, 1.54) is 11.3 Å². The second kappa shape index (κ2) is 8.77. The van der Waals surface area contributed by atoms with Gasteiger partial charge in [0.15, 0.2) is 0 Å². The highest BCUT2D eigenvalue weighted by Crippen LogP contribution is 2.17. The molecular weight excluding hydrogens is 352 g/mol. The molecule has 1 aromatic carbocycles. The molecule has 0 aliphatic carbocycles. The summed E-state index contributed by atoms with van der Waals surface area (Å²) >= 11 is 1.53. The molecule has 1 aliphatic rings. The lowest BCUT2D eigenvalue weighted by Crippen LogP contribution is -2.50. The fraction of sp³-hybridized carbons (Fsp3) is 0.389. The van der Waals surface area contributed by atoms with E-state index in [1.54, 1.807) is 24.7 Å². The van der Waals surface area contributed by atoms with Crippen LogP contribution < -0.4 is 10.1 Å². The summed E-state index contributed by atoms with van der Waals surface area (Å²) in [4.78, 5) is 32.2. The number of nitrogens with one attached hydrogen (secondary N) is 1. The van der Waals surface area contributed by atoms with Crippen LogP contribution in [0.5, 0.6) is 5.75 Å². The molecule has 8 heteroatoms. The Labute approximate surface area is 156 Å². The summed E-state index contributed by atoms with van der Waals surface area (Å²) in [6, 6.07) is 7.23. The molecule has 0 atom stereocenters. The number of benzene rings is 1. The van der Waals surface area contributed by atoms with Crippen LogP contribution in [0.1, 0.15) is 16.1 Å². The van der Waals surface area contributed by atoms with E-state index < -0.39 is 0 Å². The van der Waals surface area contributed by atoms with Crippen molar-refractivity contribution in [2.45, 2.75) is 6.61 Å². The van der Waals surface area contributed by atoms with Crippen molar-refractivity contribution < 1.29 is 14.3 Å². The number of nitrogens with zero attached hydrogens (tertiary/aromatic N) is 3. The fourth-order valence-corrected chi connectivity index (χ4v) is 3.30. The number of thiazole rings is 1. The van der Waals surface area contributed by atoms with Crippen LogP contribution in [-0.4, -0.2) is 66.4 Å². The number of hydrogen-bond donors (Lipinski definition) is 1. The first-order valence-electron chi connectivity index (χ1n) is 8.48. The Balaban J connectivity index is 1.55. The monoisotopic (exact) mass is 374 g/mol. The summed E-state index contributed by atoms with van der Waals surface area (Å²) in [5.74, 6) is 0.639. The van der Waals surface area contributed by atoms with E-state index >= 15 is 0 Å². The minimum atomic E-state index is -0.0105. The van der Waals surface area contributed by atoms with Crippen LogP contribution in [-0.2, 0) is 11.4 Å². The molecule has 138 valence electrons. The van der Waals surface area contributed by atoms with Gasteiger partial charge in [-0.25, -0.2) is 4.98 Å². The minimum absolute atomic E-state index is 0.00487. The van der Waals surface area contributed by atoms with Gasteiger partial charge in [-0.05, 0) is 18.2 Å². The summed E-state index contributed by atoms with van der Waals surface area (Å²) in [6.45, 7) is 3.37. The van der Waals surface area contributed by atoms with Gasteiger partial charge in [-0.1, -0.05) is 6.07 Å². The molecule has 1 N–H and O–H groups in total. The Bertz CT molecular complexity index is 743. The number of ether oxygens (including phenoxy) is 1. The molecule has 0 radical (unpaired) electrons. The molecule has 26 heavy (non-hydrogen) atoms. The number of piperazine rings is 1. The van der Waals surface area contributed by atoms with Crippen LogP contribution in [0.15, 0.2) is 35.2 Å². The molecule has 7 nitrogen and oxygen atoms in total. The van der Waals surface area contributed by atoms with Crippen LogP contribution in [0, 0.1) is 0 Å². The van der Waals surface area contributed by atoms with E-state index in [-0.39, 0.29) is 11.8 Å². The van der Waals surface area contributed by atoms with Crippen LogP contribution in [0.3, 0.4) is 0 Å². The van der Waals surface area contributed by atoms with E-state index in [9.17, 15) is 9.59 Å². The largest absolute Gasteiger partial charge is 0.487 e. The van der Waals surface area contributed by atoms with Gasteiger partial charge in [-0.3, -0.25) is 14.5 Å². The molecule has 1 fully saturated rings. The lowest BCUT2D eigenvalue weighted by molar-refractivity contribution is -0.122. The SMILES string of the molecule is CNC(=O)CN1CCN(C(=O)c2cccc(OCc3cscn3)c2)CC1. The second-order valence-electron chi connectivity index (χ2n) is 6.04. The normalized spacial score (nSPS) is 14.9. The highest BCUT2D eigenvalue weighted by molar-refractivity contribution is 7.07. The van der Waals surface area contributed by atoms with Crippen molar-refractivity contribution in [3.8, 4) is 5.75 Å². The maximum atomic E-state index is 12.7. The highest BCUT2D eigenvalue weighted by Gasteiger charge is 2.23. The molecule has 2 aromatic rings. The third-order valence-corrected chi connectivity index (χ3v) is 4.89. The van der Waals surface area contributed by atoms with Crippen molar-refractivity contribution in [1.82, 2.24) is 20.1 Å². The van der Waals surface area contributed by atoms with Gasteiger partial charge in [0.2, 0.25) is 5.91 Å². The Morgan fingerprint density at radius 3 is 2.77 bits per heavy atom. The molecule has 0 saturated carbocycles. The number of rotatable bonds is 6. The number of carbonyl (C=O) groups is 2. The van der Waals surface area contributed by atoms with E-state index in [2.05, 4.69) is 15.2 Å². The number of likely N-dealkylation sites (N-methyl/N-ethyl adjacent to an activating group) is 1. The van der Waals surface area contributed by atoms with Crippen molar-refractivity contribution in [1.29, 1.82) is 0 Å². The Hall–Kier alpha value is -2.45. The summed E-state index contributed by atoms with van der Waals surface area (Å²) in [5.41, 5.74) is 3.25. The van der Waals surface area contributed by atoms with Gasteiger partial charge in [-0.2, -0.15) is 0 Å². The second-order valence-corrected chi connectivity index (χ2v) is 6.76. The van der Waals surface area contributed by atoms with Crippen LogP contribution in [0.4, 0.5) is 0 Å². The molecule has 3 rings (SSSR count). The first kappa shape index (κ1) is 18.3. The Morgan fingerprint density at radius 2 is 2.08 bits per heavy atom. The van der Waals surface area contributed by atoms with Gasteiger partial charge in [0.25, 0.3) is 5.91 Å². The summed E-state index contributed by atoms with van der Waals surface area (Å²) in [7, 11) is 1.63. The quantitative estimate of drug-likeness (QED) is 0.823. The average Bonchev–Trinajstić information content (AvgIpc) is 3.20. The van der Waals surface area contributed by atoms with Crippen LogP contribution in [0.25, 0.3) is 0 Å². The predicted molar refractivity (Wildman–Crippen MR) is 99.3 cm³/mol. The number of hydrogen-bond acceptors (Lipinski definition) is 6. The zero-order chi connectivity index (χ0) is 18.4. The lowest BCUT2D eigenvalue weighted by Gasteiger charge is -2.34. The summed E-state index contributed by atoms with van der Waals surface area (Å²) < 4.78 is 5.72. The van der Waals surface area contributed by atoms with Gasteiger partial charge in [0, 0.05) is 44.2 Å². The molecule has 0 unspecified atom stereocenters. The molecule has 1 aromatic heterocycles. The molecule has 0 spiro atoms. The molecule has 1 aliphatic heterocycles. The van der Waals surface area contributed by atoms with Crippen LogP contribution >= 0.6 is 11.3 Å². The van der Waals surface area contributed by atoms with Crippen molar-refractivity contribution in [2.75, 3.05) is 39.8 Å². The zero-order valence-corrected chi connectivity index (χ0v) is 15.5. The van der Waals surface area contributed by atoms with Crippen molar-refractivity contribution >= 4 is 23.2 Å². The van der Waals surface area contributed by atoms with E-state index in [4.69, 9.17) is 4.74 Å². The third kappa shape index (κ3) is 4.80. The highest BCUT2D eigenvalue weighted by atomic mass is 32.1. The fourth-order valence-electron chi connectivity index (χ4n) is 2.76. The van der Waals surface area contributed by atoms with Gasteiger partial charge >= 0.3 is 0 Å². The third-order valence-electron chi connectivity index (χ3n) is 4.26. The summed E-state index contributed by atoms with van der Waals surface area (Å²) in [6.07, 6.45) is 0. The zero-order valence-electron chi connectivity index (χ0n) is 14.7.